The number of hydrogen-bond acceptors (Lipinski definition) is 0. The Bertz CT molecular complexity index is 138. The molecule has 0 rings (SSSR count). The summed E-state index contributed by atoms with van der Waals surface area (Å²) in [5.41, 5.74) is 0. The van der Waals surface area contributed by atoms with Gasteiger partial charge in [0.25, 0.3) is 0 Å². The molecule has 0 aliphatic carbocycles. The van der Waals surface area contributed by atoms with Gasteiger partial charge in [0.15, 0.2) is 0 Å². The van der Waals surface area contributed by atoms with E-state index in [1.807, 2.05) is 0 Å². The molecule has 0 saturated carbocycles. The van der Waals surface area contributed by atoms with E-state index in [4.69, 9.17) is 0 Å². The second-order valence-corrected chi connectivity index (χ2v) is 2.26. The van der Waals surface area contributed by atoms with Crippen LogP contribution in [0.1, 0.15) is 26.2 Å². The standard InChI is InChI=1S/C11H17/c1-3-5-7-9-11-10-8-6-4-2/h5-8,10-11H,1,3-4,9H2,2H3. The maximum absolute atomic E-state index is 3.71. The molecular weight excluding hydrogens is 132 g/mol. The molecule has 0 nitrogen and oxygen atoms in total. The van der Waals surface area contributed by atoms with Gasteiger partial charge in [-0.05, 0) is 26.2 Å². The highest BCUT2D eigenvalue weighted by atomic mass is 13.7. The van der Waals surface area contributed by atoms with Gasteiger partial charge in [0.05, 0.1) is 0 Å². The summed E-state index contributed by atoms with van der Waals surface area (Å²) < 4.78 is 0. The van der Waals surface area contributed by atoms with Crippen molar-refractivity contribution >= 4 is 0 Å². The lowest BCUT2D eigenvalue weighted by Crippen LogP contribution is -1.58. The van der Waals surface area contributed by atoms with E-state index in [2.05, 4.69) is 50.3 Å². The SMILES string of the molecule is [CH2]CC=CCC=CC=CCC. The minimum absolute atomic E-state index is 0.888. The normalized spacial score (nSPS) is 12.5. The molecule has 61 valence electrons. The average Bonchev–Trinajstić information content (AvgIpc) is 2.03. The van der Waals surface area contributed by atoms with Gasteiger partial charge in [-0.15, -0.1) is 0 Å². The summed E-state index contributed by atoms with van der Waals surface area (Å²) in [6.45, 7) is 5.84. The molecule has 0 aliphatic rings. The fourth-order valence-electron chi connectivity index (χ4n) is 0.664. The quantitative estimate of drug-likeness (QED) is 0.413. The molecule has 0 aromatic rings. The Hall–Kier alpha value is -0.780. The van der Waals surface area contributed by atoms with Crippen molar-refractivity contribution in [2.75, 3.05) is 0 Å². The Labute approximate surface area is 70.3 Å². The molecule has 0 heterocycles. The highest BCUT2D eigenvalue weighted by Gasteiger charge is 1.68. The molecule has 0 fully saturated rings. The fraction of sp³-hybridized carbons (Fsp3) is 0.364. The first-order valence-electron chi connectivity index (χ1n) is 4.17. The minimum atomic E-state index is 0.888. The van der Waals surface area contributed by atoms with Crippen LogP contribution in [-0.2, 0) is 0 Å². The first-order valence-corrected chi connectivity index (χ1v) is 4.17. The van der Waals surface area contributed by atoms with Crippen molar-refractivity contribution in [3.05, 3.63) is 43.4 Å². The van der Waals surface area contributed by atoms with Crippen molar-refractivity contribution in [1.82, 2.24) is 0 Å². The lowest BCUT2D eigenvalue weighted by atomic mass is 10.3. The number of allylic oxidation sites excluding steroid dienone is 6. The molecule has 1 radical (unpaired) electrons. The van der Waals surface area contributed by atoms with Crippen LogP contribution in [0, 0.1) is 6.92 Å². The van der Waals surface area contributed by atoms with Crippen molar-refractivity contribution in [3.8, 4) is 0 Å². The Morgan fingerprint density at radius 3 is 2.36 bits per heavy atom. The first kappa shape index (κ1) is 10.2. The highest BCUT2D eigenvalue weighted by Crippen LogP contribution is 1.89. The number of hydrogen-bond donors (Lipinski definition) is 0. The lowest BCUT2D eigenvalue weighted by molar-refractivity contribution is 1.22. The second-order valence-electron chi connectivity index (χ2n) is 2.26. The summed E-state index contributed by atoms with van der Waals surface area (Å²) >= 11 is 0. The van der Waals surface area contributed by atoms with E-state index in [9.17, 15) is 0 Å². The van der Waals surface area contributed by atoms with Crippen molar-refractivity contribution in [1.29, 1.82) is 0 Å². The van der Waals surface area contributed by atoms with Gasteiger partial charge in [-0.1, -0.05) is 43.4 Å². The maximum Gasteiger partial charge on any atom is -0.0166 e. The Morgan fingerprint density at radius 2 is 1.73 bits per heavy atom. The second kappa shape index (κ2) is 9.22. The van der Waals surface area contributed by atoms with Gasteiger partial charge in [-0.25, -0.2) is 0 Å². The van der Waals surface area contributed by atoms with Gasteiger partial charge in [-0.3, -0.25) is 0 Å². The van der Waals surface area contributed by atoms with Gasteiger partial charge in [0.2, 0.25) is 0 Å². The Morgan fingerprint density at radius 1 is 1.00 bits per heavy atom. The molecule has 0 spiro atoms. The van der Waals surface area contributed by atoms with Crippen molar-refractivity contribution in [3.63, 3.8) is 0 Å². The molecule has 0 unspecified atom stereocenters. The van der Waals surface area contributed by atoms with Crippen molar-refractivity contribution < 1.29 is 0 Å². The number of rotatable bonds is 5. The fourth-order valence-corrected chi connectivity index (χ4v) is 0.664. The maximum atomic E-state index is 3.71. The van der Waals surface area contributed by atoms with E-state index in [0.29, 0.717) is 0 Å². The molecule has 0 bridgehead atoms. The smallest absolute Gasteiger partial charge is 0.0166 e. The van der Waals surface area contributed by atoms with Crippen LogP contribution in [0.25, 0.3) is 0 Å². The monoisotopic (exact) mass is 149 g/mol. The third kappa shape index (κ3) is 9.22. The van der Waals surface area contributed by atoms with Gasteiger partial charge in [0.1, 0.15) is 0 Å². The first-order chi connectivity index (χ1) is 5.41. The highest BCUT2D eigenvalue weighted by molar-refractivity contribution is 5.04. The molecular formula is C11H17. The molecule has 0 aliphatic heterocycles. The Balaban J connectivity index is 3.29. The molecule has 0 amide bonds. The molecule has 0 atom stereocenters. The van der Waals surface area contributed by atoms with Crippen LogP contribution in [0.2, 0.25) is 0 Å². The largest absolute Gasteiger partial charge is 0.0882 e. The van der Waals surface area contributed by atoms with E-state index in [-0.39, 0.29) is 0 Å². The van der Waals surface area contributed by atoms with Crippen LogP contribution >= 0.6 is 0 Å². The van der Waals surface area contributed by atoms with Crippen LogP contribution < -0.4 is 0 Å². The van der Waals surface area contributed by atoms with Gasteiger partial charge in [-0.2, -0.15) is 0 Å². The molecule has 11 heavy (non-hydrogen) atoms. The molecule has 0 aromatic carbocycles. The summed E-state index contributed by atoms with van der Waals surface area (Å²) in [6, 6.07) is 0. The van der Waals surface area contributed by atoms with Crippen LogP contribution in [0.3, 0.4) is 0 Å². The summed E-state index contributed by atoms with van der Waals surface area (Å²) in [5.74, 6) is 0. The molecule has 0 N–H and O–H groups in total. The van der Waals surface area contributed by atoms with Crippen LogP contribution in [-0.4, -0.2) is 0 Å². The van der Waals surface area contributed by atoms with E-state index in [0.717, 1.165) is 19.3 Å². The summed E-state index contributed by atoms with van der Waals surface area (Å²) in [6.07, 6.45) is 15.7. The van der Waals surface area contributed by atoms with Crippen molar-refractivity contribution in [2.45, 2.75) is 26.2 Å². The van der Waals surface area contributed by atoms with E-state index in [1.54, 1.807) is 0 Å². The van der Waals surface area contributed by atoms with E-state index < -0.39 is 0 Å². The average molecular weight is 149 g/mol. The van der Waals surface area contributed by atoms with Gasteiger partial charge < -0.3 is 0 Å². The predicted octanol–water partition coefficient (Wildman–Crippen LogP) is 3.68. The van der Waals surface area contributed by atoms with Crippen LogP contribution in [0.5, 0.6) is 0 Å². The lowest BCUT2D eigenvalue weighted by Gasteiger charge is -1.79. The van der Waals surface area contributed by atoms with Gasteiger partial charge >= 0.3 is 0 Å². The third-order valence-corrected chi connectivity index (χ3v) is 1.22. The molecule has 0 saturated heterocycles. The minimum Gasteiger partial charge on any atom is -0.0882 e. The summed E-state index contributed by atoms with van der Waals surface area (Å²) in [7, 11) is 0. The topological polar surface area (TPSA) is 0 Å². The van der Waals surface area contributed by atoms with E-state index in [1.165, 1.54) is 0 Å². The molecule has 0 aromatic heterocycles. The zero-order chi connectivity index (χ0) is 8.36. The Kier molecular flexibility index (Phi) is 8.57. The summed E-state index contributed by atoms with van der Waals surface area (Å²) in [5, 5.41) is 0. The predicted molar refractivity (Wildman–Crippen MR) is 52.3 cm³/mol. The summed E-state index contributed by atoms with van der Waals surface area (Å²) in [4.78, 5) is 0. The van der Waals surface area contributed by atoms with Crippen molar-refractivity contribution in [2.24, 2.45) is 0 Å². The zero-order valence-electron chi connectivity index (χ0n) is 7.29. The zero-order valence-corrected chi connectivity index (χ0v) is 7.29. The van der Waals surface area contributed by atoms with Gasteiger partial charge in [0, 0.05) is 0 Å². The van der Waals surface area contributed by atoms with Crippen LogP contribution in [0.4, 0.5) is 0 Å². The van der Waals surface area contributed by atoms with Crippen LogP contribution in [0.15, 0.2) is 36.5 Å². The molecule has 0 heteroatoms. The van der Waals surface area contributed by atoms with E-state index >= 15 is 0 Å². The third-order valence-electron chi connectivity index (χ3n) is 1.22.